The van der Waals surface area contributed by atoms with E-state index in [9.17, 15) is 0 Å². The summed E-state index contributed by atoms with van der Waals surface area (Å²) in [4.78, 5) is 4.73. The molecule has 0 aromatic carbocycles. The van der Waals surface area contributed by atoms with Crippen LogP contribution in [0.5, 0.6) is 0 Å². The van der Waals surface area contributed by atoms with Crippen molar-refractivity contribution < 1.29 is 0 Å². The molecule has 1 fully saturated rings. The minimum Gasteiger partial charge on any atom is -0.308 e. The molecule has 0 bridgehead atoms. The maximum absolute atomic E-state index is 2.46. The first-order valence-electron chi connectivity index (χ1n) is 4.05. The average molecular weight is 142 g/mol. The van der Waals surface area contributed by atoms with Gasteiger partial charge in [0.2, 0.25) is 0 Å². The molecule has 1 heterocycles. The van der Waals surface area contributed by atoms with Crippen molar-refractivity contribution in [3.05, 3.63) is 0 Å². The summed E-state index contributed by atoms with van der Waals surface area (Å²) in [6, 6.07) is 0.815. The maximum atomic E-state index is 2.46. The van der Waals surface area contributed by atoms with E-state index >= 15 is 0 Å². The molecule has 1 aliphatic rings. The molecule has 0 spiro atoms. The first-order valence-corrected chi connectivity index (χ1v) is 4.05. The summed E-state index contributed by atoms with van der Waals surface area (Å²) in [6.45, 7) is 2.51. The Kier molecular flexibility index (Phi) is 2.69. The van der Waals surface area contributed by atoms with Gasteiger partial charge in [-0.15, -0.1) is 0 Å². The van der Waals surface area contributed by atoms with Crippen LogP contribution < -0.4 is 0 Å². The van der Waals surface area contributed by atoms with Gasteiger partial charge in [-0.1, -0.05) is 0 Å². The molecule has 0 aromatic heterocycles. The van der Waals surface area contributed by atoms with Crippen molar-refractivity contribution in [1.82, 2.24) is 9.80 Å². The van der Waals surface area contributed by atoms with E-state index in [4.69, 9.17) is 0 Å². The molecule has 0 amide bonds. The lowest BCUT2D eigenvalue weighted by Gasteiger charge is -2.22. The predicted molar refractivity (Wildman–Crippen MR) is 44.2 cm³/mol. The molecule has 0 aromatic rings. The smallest absolute Gasteiger partial charge is 0.0220 e. The summed E-state index contributed by atoms with van der Waals surface area (Å²) >= 11 is 0. The van der Waals surface area contributed by atoms with Gasteiger partial charge in [-0.05, 0) is 40.5 Å². The van der Waals surface area contributed by atoms with E-state index < -0.39 is 0 Å². The highest BCUT2D eigenvalue weighted by atomic mass is 15.2. The Hall–Kier alpha value is -0.0800. The Balaban J connectivity index is 2.26. The van der Waals surface area contributed by atoms with E-state index in [1.54, 1.807) is 0 Å². The molecule has 1 rings (SSSR count). The van der Waals surface area contributed by atoms with Gasteiger partial charge in [0.15, 0.2) is 0 Å². The third-order valence-electron chi connectivity index (χ3n) is 2.25. The van der Waals surface area contributed by atoms with Gasteiger partial charge in [-0.3, -0.25) is 0 Å². The summed E-state index contributed by atoms with van der Waals surface area (Å²) < 4.78 is 0. The Bertz CT molecular complexity index is 101. The maximum Gasteiger partial charge on any atom is 0.0220 e. The molecule has 2 nitrogen and oxygen atoms in total. The molecule has 60 valence electrons. The molecule has 1 atom stereocenters. The van der Waals surface area contributed by atoms with E-state index in [0.717, 1.165) is 6.04 Å². The zero-order valence-electron chi connectivity index (χ0n) is 7.30. The highest BCUT2D eigenvalue weighted by Crippen LogP contribution is 2.14. The fourth-order valence-electron chi connectivity index (χ4n) is 1.63. The van der Waals surface area contributed by atoms with Crippen molar-refractivity contribution in [1.29, 1.82) is 0 Å². The van der Waals surface area contributed by atoms with Crippen molar-refractivity contribution in [2.75, 3.05) is 34.2 Å². The number of nitrogens with zero attached hydrogens (tertiary/aromatic N) is 2. The largest absolute Gasteiger partial charge is 0.308 e. The molecular weight excluding hydrogens is 124 g/mol. The van der Waals surface area contributed by atoms with E-state index in [0.29, 0.717) is 0 Å². The van der Waals surface area contributed by atoms with E-state index in [2.05, 4.69) is 30.9 Å². The van der Waals surface area contributed by atoms with E-state index in [-0.39, 0.29) is 0 Å². The Morgan fingerprint density at radius 1 is 1.50 bits per heavy atom. The topological polar surface area (TPSA) is 6.48 Å². The number of rotatable bonds is 2. The van der Waals surface area contributed by atoms with Crippen LogP contribution in [0.25, 0.3) is 0 Å². The van der Waals surface area contributed by atoms with Crippen molar-refractivity contribution in [2.45, 2.75) is 18.9 Å². The molecule has 0 saturated carbocycles. The second kappa shape index (κ2) is 3.35. The normalized spacial score (nSPS) is 28.2. The zero-order valence-corrected chi connectivity index (χ0v) is 7.30. The third-order valence-corrected chi connectivity index (χ3v) is 2.25. The minimum atomic E-state index is 0.815. The number of likely N-dealkylation sites (N-methyl/N-ethyl adjacent to an activating group) is 2. The highest BCUT2D eigenvalue weighted by Gasteiger charge is 2.20. The standard InChI is InChI=1S/C8H18N2/c1-9(2)7-8-5-4-6-10(8)3/h8H,4-7H2,1-3H3/t8-/m0/s1. The monoisotopic (exact) mass is 142 g/mol. The van der Waals surface area contributed by atoms with Crippen LogP contribution in [0.3, 0.4) is 0 Å². The van der Waals surface area contributed by atoms with Gasteiger partial charge in [0.25, 0.3) is 0 Å². The SMILES string of the molecule is CN(C)C[C@@H]1CCCN1C. The Morgan fingerprint density at radius 2 is 2.20 bits per heavy atom. The van der Waals surface area contributed by atoms with Crippen LogP contribution >= 0.6 is 0 Å². The number of hydrogen-bond donors (Lipinski definition) is 0. The van der Waals surface area contributed by atoms with Crippen molar-refractivity contribution in [3.8, 4) is 0 Å². The zero-order chi connectivity index (χ0) is 7.56. The summed E-state index contributed by atoms with van der Waals surface area (Å²) in [5.41, 5.74) is 0. The van der Waals surface area contributed by atoms with Crippen molar-refractivity contribution >= 4 is 0 Å². The highest BCUT2D eigenvalue weighted by molar-refractivity contribution is 4.77. The average Bonchev–Trinajstić information content (AvgIpc) is 2.15. The molecule has 0 unspecified atom stereocenters. The van der Waals surface area contributed by atoms with Gasteiger partial charge in [-0.25, -0.2) is 0 Å². The van der Waals surface area contributed by atoms with Gasteiger partial charge in [-0.2, -0.15) is 0 Å². The fourth-order valence-corrected chi connectivity index (χ4v) is 1.63. The second-order valence-electron chi connectivity index (χ2n) is 3.54. The quantitative estimate of drug-likeness (QED) is 0.558. The third kappa shape index (κ3) is 1.96. The lowest BCUT2D eigenvalue weighted by molar-refractivity contribution is 0.244. The molecule has 0 aliphatic carbocycles. The summed E-state index contributed by atoms with van der Waals surface area (Å²) in [7, 11) is 6.51. The van der Waals surface area contributed by atoms with Crippen LogP contribution in [0.4, 0.5) is 0 Å². The van der Waals surface area contributed by atoms with Crippen molar-refractivity contribution in [2.24, 2.45) is 0 Å². The molecular formula is C8H18N2. The van der Waals surface area contributed by atoms with Gasteiger partial charge in [0.05, 0.1) is 0 Å². The molecule has 1 saturated heterocycles. The molecule has 0 radical (unpaired) electrons. The van der Waals surface area contributed by atoms with Crippen LogP contribution in [-0.2, 0) is 0 Å². The van der Waals surface area contributed by atoms with Gasteiger partial charge < -0.3 is 9.80 Å². The van der Waals surface area contributed by atoms with Crippen LogP contribution in [0.1, 0.15) is 12.8 Å². The van der Waals surface area contributed by atoms with Crippen LogP contribution in [0.15, 0.2) is 0 Å². The minimum absolute atomic E-state index is 0.815. The Labute approximate surface area is 63.8 Å². The van der Waals surface area contributed by atoms with E-state index in [1.165, 1.54) is 25.9 Å². The molecule has 10 heavy (non-hydrogen) atoms. The van der Waals surface area contributed by atoms with Crippen LogP contribution in [-0.4, -0.2) is 50.1 Å². The summed E-state index contributed by atoms with van der Waals surface area (Å²) in [5, 5.41) is 0. The number of likely N-dealkylation sites (tertiary alicyclic amines) is 1. The second-order valence-corrected chi connectivity index (χ2v) is 3.54. The molecule has 0 N–H and O–H groups in total. The molecule has 2 heteroatoms. The lowest BCUT2D eigenvalue weighted by atomic mass is 10.2. The van der Waals surface area contributed by atoms with Gasteiger partial charge in [0.1, 0.15) is 0 Å². The predicted octanol–water partition coefficient (Wildman–Crippen LogP) is 0.642. The van der Waals surface area contributed by atoms with Gasteiger partial charge in [0, 0.05) is 12.6 Å². The molecule has 1 aliphatic heterocycles. The van der Waals surface area contributed by atoms with Crippen LogP contribution in [0.2, 0.25) is 0 Å². The Morgan fingerprint density at radius 3 is 2.60 bits per heavy atom. The summed E-state index contributed by atoms with van der Waals surface area (Å²) in [6.07, 6.45) is 2.77. The lowest BCUT2D eigenvalue weighted by Crippen LogP contribution is -2.34. The van der Waals surface area contributed by atoms with Crippen LogP contribution in [0, 0.1) is 0 Å². The summed E-state index contributed by atoms with van der Waals surface area (Å²) in [5.74, 6) is 0. The first-order chi connectivity index (χ1) is 4.70. The number of hydrogen-bond acceptors (Lipinski definition) is 2. The fraction of sp³-hybridized carbons (Fsp3) is 1.00. The first kappa shape index (κ1) is 8.02. The van der Waals surface area contributed by atoms with Crippen molar-refractivity contribution in [3.63, 3.8) is 0 Å². The van der Waals surface area contributed by atoms with Gasteiger partial charge >= 0.3 is 0 Å². The van der Waals surface area contributed by atoms with E-state index in [1.807, 2.05) is 0 Å².